The monoisotopic (exact) mass is 302 g/mol. The number of thiocarbonyl (C=S) groups is 1. The van der Waals surface area contributed by atoms with Crippen molar-refractivity contribution in [2.75, 3.05) is 11.8 Å². The first-order chi connectivity index (χ1) is 8.77. The predicted molar refractivity (Wildman–Crippen MR) is 76.3 cm³/mol. The molecule has 19 heavy (non-hydrogen) atoms. The summed E-state index contributed by atoms with van der Waals surface area (Å²) in [5.74, 6) is -0.827. The Labute approximate surface area is 117 Å². The minimum Gasteiger partial charge on any atom is -0.468 e. The lowest BCUT2D eigenvalue weighted by atomic mass is 10.2. The number of nitrogens with two attached hydrogens (primary N) is 1. The molecule has 1 aromatic carbocycles. The van der Waals surface area contributed by atoms with Crippen LogP contribution in [0.15, 0.2) is 24.3 Å². The Morgan fingerprint density at radius 1 is 1.37 bits per heavy atom. The molecule has 0 fully saturated rings. The number of methoxy groups -OCH3 is 1. The highest BCUT2D eigenvalue weighted by molar-refractivity contribution is 7.94. The third kappa shape index (κ3) is 3.90. The topological polar surface area (TPSA) is 98.5 Å². The SMILES string of the molecule is COC(=O)C(C)S(=O)(=O)Nc1ccc(C(N)=S)cc1. The molecule has 8 heteroatoms. The van der Waals surface area contributed by atoms with E-state index in [2.05, 4.69) is 9.46 Å². The molecule has 0 aliphatic carbocycles. The summed E-state index contributed by atoms with van der Waals surface area (Å²) in [6.45, 7) is 1.25. The van der Waals surface area contributed by atoms with Crippen molar-refractivity contribution in [2.45, 2.75) is 12.2 Å². The highest BCUT2D eigenvalue weighted by Gasteiger charge is 2.28. The molecule has 0 aliphatic heterocycles. The van der Waals surface area contributed by atoms with E-state index in [1.165, 1.54) is 19.1 Å². The second-order valence-electron chi connectivity index (χ2n) is 3.75. The zero-order valence-electron chi connectivity index (χ0n) is 10.4. The molecular formula is C11H14N2O4S2. The fourth-order valence-corrected chi connectivity index (χ4v) is 2.37. The van der Waals surface area contributed by atoms with Gasteiger partial charge in [-0.1, -0.05) is 12.2 Å². The number of ether oxygens (including phenoxy) is 1. The molecule has 0 amide bonds. The fourth-order valence-electron chi connectivity index (χ4n) is 1.25. The van der Waals surface area contributed by atoms with Gasteiger partial charge >= 0.3 is 5.97 Å². The summed E-state index contributed by atoms with van der Waals surface area (Å²) < 4.78 is 30.4. The summed E-state index contributed by atoms with van der Waals surface area (Å²) in [5.41, 5.74) is 6.37. The van der Waals surface area contributed by atoms with Crippen LogP contribution in [-0.4, -0.2) is 31.7 Å². The maximum absolute atomic E-state index is 11.9. The lowest BCUT2D eigenvalue weighted by molar-refractivity contribution is -0.139. The Morgan fingerprint density at radius 2 is 1.89 bits per heavy atom. The summed E-state index contributed by atoms with van der Waals surface area (Å²) in [4.78, 5) is 11.4. The number of nitrogens with one attached hydrogen (secondary N) is 1. The van der Waals surface area contributed by atoms with Crippen LogP contribution in [0, 0.1) is 0 Å². The Kier molecular flexibility index (Phi) is 4.84. The number of rotatable bonds is 5. The summed E-state index contributed by atoms with van der Waals surface area (Å²) in [6, 6.07) is 6.19. The molecule has 1 unspecified atom stereocenters. The van der Waals surface area contributed by atoms with Gasteiger partial charge < -0.3 is 10.5 Å². The number of benzene rings is 1. The van der Waals surface area contributed by atoms with Crippen molar-refractivity contribution >= 4 is 38.9 Å². The molecule has 0 radical (unpaired) electrons. The third-order valence-corrected chi connectivity index (χ3v) is 4.31. The molecule has 0 spiro atoms. The number of hydrogen-bond acceptors (Lipinski definition) is 5. The fraction of sp³-hybridized carbons (Fsp3) is 0.273. The smallest absolute Gasteiger partial charge is 0.325 e. The quantitative estimate of drug-likeness (QED) is 0.611. The molecule has 3 N–H and O–H groups in total. The van der Waals surface area contributed by atoms with E-state index >= 15 is 0 Å². The second kappa shape index (κ2) is 5.98. The number of hydrogen-bond donors (Lipinski definition) is 2. The van der Waals surface area contributed by atoms with E-state index in [0.29, 0.717) is 11.3 Å². The average molecular weight is 302 g/mol. The van der Waals surface area contributed by atoms with Crippen LogP contribution < -0.4 is 10.5 Å². The van der Waals surface area contributed by atoms with Gasteiger partial charge in [0.15, 0.2) is 5.25 Å². The van der Waals surface area contributed by atoms with Crippen molar-refractivity contribution in [2.24, 2.45) is 5.73 Å². The molecule has 0 aliphatic rings. The standard InChI is InChI=1S/C11H14N2O4S2/c1-7(11(14)17-2)19(15,16)13-9-5-3-8(4-6-9)10(12)18/h3-7,13H,1-2H3,(H2,12,18). The summed E-state index contributed by atoms with van der Waals surface area (Å²) in [7, 11) is -2.72. The van der Waals surface area contributed by atoms with Gasteiger partial charge in [0.2, 0.25) is 10.0 Å². The van der Waals surface area contributed by atoms with Crippen molar-refractivity contribution in [3.05, 3.63) is 29.8 Å². The van der Waals surface area contributed by atoms with Crippen molar-refractivity contribution < 1.29 is 17.9 Å². The van der Waals surface area contributed by atoms with Crippen molar-refractivity contribution in [1.82, 2.24) is 0 Å². The van der Waals surface area contributed by atoms with Gasteiger partial charge in [0, 0.05) is 11.3 Å². The van der Waals surface area contributed by atoms with Crippen molar-refractivity contribution in [3.8, 4) is 0 Å². The van der Waals surface area contributed by atoms with Gasteiger partial charge in [-0.05, 0) is 31.2 Å². The maximum atomic E-state index is 11.9. The van der Waals surface area contributed by atoms with E-state index in [9.17, 15) is 13.2 Å². The molecule has 104 valence electrons. The van der Waals surface area contributed by atoms with Crippen LogP contribution in [0.4, 0.5) is 5.69 Å². The number of sulfonamides is 1. The molecule has 0 aromatic heterocycles. The average Bonchev–Trinajstić information content (AvgIpc) is 2.37. The molecule has 1 atom stereocenters. The van der Waals surface area contributed by atoms with Crippen LogP contribution in [0.25, 0.3) is 0 Å². The van der Waals surface area contributed by atoms with E-state index in [1.54, 1.807) is 12.1 Å². The number of anilines is 1. The summed E-state index contributed by atoms with van der Waals surface area (Å²) >= 11 is 4.78. The van der Waals surface area contributed by atoms with E-state index in [0.717, 1.165) is 7.11 Å². The van der Waals surface area contributed by atoms with Gasteiger partial charge in [-0.3, -0.25) is 9.52 Å². The maximum Gasteiger partial charge on any atom is 0.325 e. The minimum atomic E-state index is -3.85. The lowest BCUT2D eigenvalue weighted by Gasteiger charge is -2.13. The van der Waals surface area contributed by atoms with Crippen LogP contribution in [0.5, 0.6) is 0 Å². The summed E-state index contributed by atoms with van der Waals surface area (Å²) in [6.07, 6.45) is 0. The Morgan fingerprint density at radius 3 is 2.32 bits per heavy atom. The predicted octanol–water partition coefficient (Wildman–Crippen LogP) is 0.624. The molecule has 0 saturated heterocycles. The van der Waals surface area contributed by atoms with E-state index in [4.69, 9.17) is 18.0 Å². The summed E-state index contributed by atoms with van der Waals surface area (Å²) in [5, 5.41) is -1.30. The highest BCUT2D eigenvalue weighted by Crippen LogP contribution is 2.14. The van der Waals surface area contributed by atoms with Crippen LogP contribution in [0.1, 0.15) is 12.5 Å². The molecule has 1 rings (SSSR count). The Balaban J connectivity index is 2.90. The molecule has 0 bridgehead atoms. The Hall–Kier alpha value is -1.67. The largest absolute Gasteiger partial charge is 0.468 e. The molecule has 6 nitrogen and oxygen atoms in total. The first-order valence-corrected chi connectivity index (χ1v) is 7.22. The van der Waals surface area contributed by atoms with Crippen LogP contribution in [-0.2, 0) is 19.6 Å². The van der Waals surface area contributed by atoms with Gasteiger partial charge in [0.05, 0.1) is 7.11 Å². The normalized spacial score (nSPS) is 12.5. The third-order valence-electron chi connectivity index (χ3n) is 2.43. The van der Waals surface area contributed by atoms with E-state index in [-0.39, 0.29) is 4.99 Å². The first kappa shape index (κ1) is 15.4. The molecule has 0 heterocycles. The highest BCUT2D eigenvalue weighted by atomic mass is 32.2. The van der Waals surface area contributed by atoms with Crippen LogP contribution in [0.3, 0.4) is 0 Å². The van der Waals surface area contributed by atoms with Crippen LogP contribution in [0.2, 0.25) is 0 Å². The van der Waals surface area contributed by atoms with Gasteiger partial charge in [0.1, 0.15) is 4.99 Å². The molecule has 1 aromatic rings. The van der Waals surface area contributed by atoms with Gasteiger partial charge in [0.25, 0.3) is 0 Å². The van der Waals surface area contributed by atoms with Crippen molar-refractivity contribution in [3.63, 3.8) is 0 Å². The Bertz CT molecular complexity index is 581. The van der Waals surface area contributed by atoms with Crippen molar-refractivity contribution in [1.29, 1.82) is 0 Å². The lowest BCUT2D eigenvalue weighted by Crippen LogP contribution is -2.33. The second-order valence-corrected chi connectivity index (χ2v) is 6.20. The minimum absolute atomic E-state index is 0.220. The molecule has 0 saturated carbocycles. The van der Waals surface area contributed by atoms with E-state index < -0.39 is 21.2 Å². The number of carbonyl (C=O) groups excluding carboxylic acids is 1. The zero-order valence-corrected chi connectivity index (χ0v) is 12.0. The van der Waals surface area contributed by atoms with Crippen LogP contribution >= 0.6 is 12.2 Å². The zero-order chi connectivity index (χ0) is 14.6. The molecular weight excluding hydrogens is 288 g/mol. The number of carbonyl (C=O) groups is 1. The van der Waals surface area contributed by atoms with Gasteiger partial charge in [-0.25, -0.2) is 8.42 Å². The van der Waals surface area contributed by atoms with Gasteiger partial charge in [-0.15, -0.1) is 0 Å². The van der Waals surface area contributed by atoms with Gasteiger partial charge in [-0.2, -0.15) is 0 Å². The van der Waals surface area contributed by atoms with E-state index in [1.807, 2.05) is 0 Å². The number of esters is 1. The first-order valence-electron chi connectivity index (χ1n) is 5.27.